The van der Waals surface area contributed by atoms with Crippen LogP contribution in [0.3, 0.4) is 0 Å². The zero-order chi connectivity index (χ0) is 22.9. The molecule has 0 aliphatic rings. The lowest BCUT2D eigenvalue weighted by atomic mass is 10.1. The van der Waals surface area contributed by atoms with E-state index in [0.717, 1.165) is 19.2 Å². The van der Waals surface area contributed by atoms with E-state index in [0.29, 0.717) is 6.61 Å². The van der Waals surface area contributed by atoms with Gasteiger partial charge in [0, 0.05) is 24.5 Å². The Morgan fingerprint density at radius 2 is 1.68 bits per heavy atom. The number of rotatable bonds is 7. The predicted molar refractivity (Wildman–Crippen MR) is 126 cm³/mol. The van der Waals surface area contributed by atoms with Gasteiger partial charge >= 0.3 is 0 Å². The van der Waals surface area contributed by atoms with Gasteiger partial charge in [-0.2, -0.15) is 8.42 Å². The number of nitrogens with two attached hydrogens (primary N) is 1. The van der Waals surface area contributed by atoms with Crippen molar-refractivity contribution >= 4 is 21.5 Å². The van der Waals surface area contributed by atoms with Crippen LogP contribution < -0.4 is 15.4 Å². The van der Waals surface area contributed by atoms with Crippen molar-refractivity contribution < 1.29 is 17.7 Å². The van der Waals surface area contributed by atoms with Crippen LogP contribution >= 0.6 is 0 Å². The molecular formula is C24H30N2O4S. The van der Waals surface area contributed by atoms with Crippen molar-refractivity contribution in [3.05, 3.63) is 83.9 Å². The number of nitrogens with zero attached hydrogens (tertiary/aromatic N) is 1. The van der Waals surface area contributed by atoms with E-state index in [1.807, 2.05) is 0 Å². The molecule has 0 aliphatic heterocycles. The molecule has 3 aromatic rings. The lowest BCUT2D eigenvalue weighted by Crippen LogP contribution is -2.21. The Morgan fingerprint density at radius 1 is 0.968 bits per heavy atom. The third-order valence-electron chi connectivity index (χ3n) is 4.51. The molecule has 0 amide bonds. The molecule has 0 fully saturated rings. The van der Waals surface area contributed by atoms with Crippen LogP contribution in [0.15, 0.2) is 77.7 Å². The van der Waals surface area contributed by atoms with Gasteiger partial charge in [-0.3, -0.25) is 4.55 Å². The molecule has 0 aliphatic carbocycles. The Balaban J connectivity index is 0.000000225. The fourth-order valence-corrected chi connectivity index (χ4v) is 3.68. The standard InChI is InChI=1S/C16H19N.C8H11NO4S/c1-3-17(13-15-9-5-4-6-10-15)16-11-7-8-14(2)12-16;1-2-13-7-4-3-6(9)5-8(7)14(10,11)12/h4-12H,3,13H2,1-2H3;3-5H,2,9H2,1H3,(H,10,11,12). The fourth-order valence-electron chi connectivity index (χ4n) is 3.02. The molecule has 7 heteroatoms. The smallest absolute Gasteiger partial charge is 0.298 e. The summed E-state index contributed by atoms with van der Waals surface area (Å²) in [6.45, 7) is 8.36. The highest BCUT2D eigenvalue weighted by Crippen LogP contribution is 2.25. The van der Waals surface area contributed by atoms with Crippen LogP contribution in [-0.2, 0) is 16.7 Å². The van der Waals surface area contributed by atoms with Crippen LogP contribution in [0, 0.1) is 6.92 Å². The van der Waals surface area contributed by atoms with Crippen molar-refractivity contribution in [3.63, 3.8) is 0 Å². The van der Waals surface area contributed by atoms with Gasteiger partial charge in [0.25, 0.3) is 10.1 Å². The highest BCUT2D eigenvalue weighted by molar-refractivity contribution is 7.86. The van der Waals surface area contributed by atoms with E-state index in [1.54, 1.807) is 6.92 Å². The largest absolute Gasteiger partial charge is 0.492 e. The summed E-state index contributed by atoms with van der Waals surface area (Å²) in [4.78, 5) is 2.09. The second kappa shape index (κ2) is 11.4. The molecule has 0 aromatic heterocycles. The molecule has 3 N–H and O–H groups in total. The number of nitrogen functional groups attached to an aromatic ring is 1. The molecule has 0 heterocycles. The summed E-state index contributed by atoms with van der Waals surface area (Å²) >= 11 is 0. The first-order valence-electron chi connectivity index (χ1n) is 10.1. The van der Waals surface area contributed by atoms with E-state index < -0.39 is 10.1 Å². The van der Waals surface area contributed by atoms with E-state index in [-0.39, 0.29) is 16.3 Å². The van der Waals surface area contributed by atoms with Crippen LogP contribution in [0.5, 0.6) is 5.75 Å². The van der Waals surface area contributed by atoms with Gasteiger partial charge in [-0.1, -0.05) is 42.5 Å². The summed E-state index contributed by atoms with van der Waals surface area (Å²) in [7, 11) is -4.28. The van der Waals surface area contributed by atoms with E-state index in [9.17, 15) is 8.42 Å². The Morgan fingerprint density at radius 3 is 2.26 bits per heavy atom. The first kappa shape index (κ1) is 24.2. The Hall–Kier alpha value is -3.03. The Labute approximate surface area is 185 Å². The van der Waals surface area contributed by atoms with Crippen molar-refractivity contribution in [1.82, 2.24) is 0 Å². The van der Waals surface area contributed by atoms with E-state index in [2.05, 4.69) is 73.3 Å². The number of hydrogen-bond acceptors (Lipinski definition) is 5. The van der Waals surface area contributed by atoms with Gasteiger partial charge in [0.1, 0.15) is 10.6 Å². The van der Waals surface area contributed by atoms with Crippen molar-refractivity contribution in [2.24, 2.45) is 0 Å². The summed E-state index contributed by atoms with van der Waals surface area (Å²) in [5.74, 6) is 0.101. The molecule has 0 saturated carbocycles. The average molecular weight is 443 g/mol. The molecule has 3 aromatic carbocycles. The summed E-state index contributed by atoms with van der Waals surface area (Å²) in [6, 6.07) is 23.4. The van der Waals surface area contributed by atoms with E-state index >= 15 is 0 Å². The summed E-state index contributed by atoms with van der Waals surface area (Å²) < 4.78 is 35.7. The van der Waals surface area contributed by atoms with Crippen LogP contribution in [0.25, 0.3) is 0 Å². The molecule has 31 heavy (non-hydrogen) atoms. The van der Waals surface area contributed by atoms with Gasteiger partial charge in [0.15, 0.2) is 0 Å². The highest BCUT2D eigenvalue weighted by Gasteiger charge is 2.16. The molecule has 0 atom stereocenters. The number of benzene rings is 3. The molecule has 0 bridgehead atoms. The number of hydrogen-bond donors (Lipinski definition) is 2. The maximum atomic E-state index is 10.9. The quantitative estimate of drug-likeness (QED) is 0.398. The first-order valence-corrected chi connectivity index (χ1v) is 11.5. The number of ether oxygens (including phenoxy) is 1. The average Bonchev–Trinajstić information content (AvgIpc) is 2.74. The van der Waals surface area contributed by atoms with Crippen LogP contribution in [0.2, 0.25) is 0 Å². The van der Waals surface area contributed by atoms with Crippen LogP contribution in [0.4, 0.5) is 11.4 Å². The maximum Gasteiger partial charge on any atom is 0.298 e. The molecule has 166 valence electrons. The van der Waals surface area contributed by atoms with Gasteiger partial charge in [-0.25, -0.2) is 0 Å². The van der Waals surface area contributed by atoms with Crippen molar-refractivity contribution in [1.29, 1.82) is 0 Å². The SMILES string of the molecule is CCN(Cc1ccccc1)c1cccc(C)c1.CCOc1ccc(N)cc1S(=O)(=O)O. The predicted octanol–water partition coefficient (Wildman–Crippen LogP) is 4.94. The maximum absolute atomic E-state index is 10.9. The van der Waals surface area contributed by atoms with Crippen molar-refractivity contribution in [2.75, 3.05) is 23.8 Å². The minimum absolute atomic E-state index is 0.101. The molecular weight excluding hydrogens is 412 g/mol. The zero-order valence-corrected chi connectivity index (χ0v) is 19.0. The third-order valence-corrected chi connectivity index (χ3v) is 5.39. The normalized spacial score (nSPS) is 10.7. The lowest BCUT2D eigenvalue weighted by molar-refractivity contribution is 0.329. The van der Waals surface area contributed by atoms with E-state index in [4.69, 9.17) is 15.0 Å². The first-order chi connectivity index (χ1) is 14.7. The minimum atomic E-state index is -4.28. The van der Waals surface area contributed by atoms with Crippen LogP contribution in [0.1, 0.15) is 25.0 Å². The lowest BCUT2D eigenvalue weighted by Gasteiger charge is -2.23. The topological polar surface area (TPSA) is 92.9 Å². The van der Waals surface area contributed by atoms with Gasteiger partial charge in [-0.05, 0) is 62.2 Å². The van der Waals surface area contributed by atoms with Gasteiger partial charge in [-0.15, -0.1) is 0 Å². The Kier molecular flexibility index (Phi) is 8.90. The molecule has 0 unspecified atom stereocenters. The van der Waals surface area contributed by atoms with Gasteiger partial charge in [0.05, 0.1) is 6.61 Å². The van der Waals surface area contributed by atoms with Gasteiger partial charge in [0.2, 0.25) is 0 Å². The monoisotopic (exact) mass is 442 g/mol. The van der Waals surface area contributed by atoms with Crippen molar-refractivity contribution in [3.8, 4) is 5.75 Å². The number of anilines is 2. The summed E-state index contributed by atoms with van der Waals surface area (Å²) in [5, 5.41) is 0. The Bertz CT molecular complexity index is 1070. The van der Waals surface area contributed by atoms with Crippen molar-refractivity contribution in [2.45, 2.75) is 32.2 Å². The molecule has 3 rings (SSSR count). The second-order valence-electron chi connectivity index (χ2n) is 6.95. The third kappa shape index (κ3) is 7.62. The fraction of sp³-hybridized carbons (Fsp3) is 0.250. The minimum Gasteiger partial charge on any atom is -0.492 e. The number of aryl methyl sites for hydroxylation is 1. The van der Waals surface area contributed by atoms with E-state index in [1.165, 1.54) is 28.9 Å². The highest BCUT2D eigenvalue weighted by atomic mass is 32.2. The summed E-state index contributed by atoms with van der Waals surface area (Å²) in [6.07, 6.45) is 0. The molecule has 0 spiro atoms. The molecule has 0 radical (unpaired) electrons. The second-order valence-corrected chi connectivity index (χ2v) is 8.34. The molecule has 6 nitrogen and oxygen atoms in total. The zero-order valence-electron chi connectivity index (χ0n) is 18.2. The van der Waals surface area contributed by atoms with Gasteiger partial charge < -0.3 is 15.4 Å². The molecule has 0 saturated heterocycles. The van der Waals surface area contributed by atoms with Crippen LogP contribution in [-0.4, -0.2) is 26.1 Å². The summed E-state index contributed by atoms with van der Waals surface area (Å²) in [5.41, 5.74) is 9.61.